The molecular weight excluding hydrogens is 393 g/mol. The summed E-state index contributed by atoms with van der Waals surface area (Å²) in [6.07, 6.45) is 0. The average Bonchev–Trinajstić information content (AvgIpc) is 2.24. The van der Waals surface area contributed by atoms with Crippen LogP contribution in [0.4, 0.5) is 0 Å². The summed E-state index contributed by atoms with van der Waals surface area (Å²) < 4.78 is 21.7. The van der Waals surface area contributed by atoms with E-state index in [0.717, 1.165) is 12.1 Å². The summed E-state index contributed by atoms with van der Waals surface area (Å²) in [5.74, 6) is 0. The van der Waals surface area contributed by atoms with Crippen molar-refractivity contribution < 1.29 is 8.42 Å². The van der Waals surface area contributed by atoms with Gasteiger partial charge in [0.15, 0.2) is 0 Å². The molecule has 2 nitrogen and oxygen atoms in total. The molecule has 0 heterocycles. The molecule has 10 heteroatoms. The van der Waals surface area contributed by atoms with Crippen molar-refractivity contribution in [2.75, 3.05) is 0 Å². The smallest absolute Gasteiger partial charge is 0.220 e. The highest BCUT2D eigenvalue weighted by atomic mass is 35.7. The molecule has 0 N–H and O–H groups in total. The minimum Gasteiger partial charge on any atom is -0.220 e. The zero-order valence-corrected chi connectivity index (χ0v) is 13.7. The third kappa shape index (κ3) is 3.23. The number of hydrogen-bond donors (Lipinski definition) is 0. The molecule has 0 fully saturated rings. The van der Waals surface area contributed by atoms with Gasteiger partial charge in [0.05, 0.1) is 20.0 Å². The Bertz CT molecular complexity index is 518. The predicted octanol–water partition coefficient (Wildman–Crippen LogP) is 5.40. The molecule has 1 rings (SSSR count). The maximum Gasteiger partial charge on any atom is 0.282 e. The lowest BCUT2D eigenvalue weighted by molar-refractivity contribution is 0.597. The van der Waals surface area contributed by atoms with E-state index in [9.17, 15) is 8.42 Å². The first kappa shape index (κ1) is 16.3. The quantitative estimate of drug-likeness (QED) is 0.508. The highest BCUT2D eigenvalue weighted by Gasteiger charge is 2.42. The summed E-state index contributed by atoms with van der Waals surface area (Å²) in [5.41, 5.74) is 0. The van der Waals surface area contributed by atoms with Gasteiger partial charge >= 0.3 is 0 Å². The summed E-state index contributed by atoms with van der Waals surface area (Å²) in [4.78, 5) is -0.268. The first-order chi connectivity index (χ1) is 7.63. The third-order valence-electron chi connectivity index (χ3n) is 1.67. The van der Waals surface area contributed by atoms with Gasteiger partial charge in [0.25, 0.3) is 3.00 Å². The van der Waals surface area contributed by atoms with Crippen LogP contribution in [0.2, 0.25) is 15.1 Å². The SMILES string of the molecule is O=S(=O)(c1cc(Cl)c(Cl)c(Cl)c1)C(Cl)(Cl)SCl. The Kier molecular flexibility index (Phi) is 5.48. The van der Waals surface area contributed by atoms with E-state index in [1.807, 2.05) is 0 Å². The number of benzene rings is 1. The minimum absolute atomic E-state index is 0.0264. The largest absolute Gasteiger partial charge is 0.282 e. The molecule has 0 saturated heterocycles. The Morgan fingerprint density at radius 2 is 1.47 bits per heavy atom. The molecule has 17 heavy (non-hydrogen) atoms. The molecule has 0 aliphatic carbocycles. The number of hydrogen-bond acceptors (Lipinski definition) is 3. The molecule has 0 atom stereocenters. The van der Waals surface area contributed by atoms with Gasteiger partial charge in [-0.05, 0) is 22.8 Å². The van der Waals surface area contributed by atoms with Crippen LogP contribution in [0.3, 0.4) is 0 Å². The number of alkyl halides is 2. The molecule has 0 aliphatic rings. The molecule has 0 saturated carbocycles. The maximum absolute atomic E-state index is 12.0. The van der Waals surface area contributed by atoms with E-state index in [-0.39, 0.29) is 30.9 Å². The number of sulfone groups is 1. The molecule has 96 valence electrons. The zero-order chi connectivity index (χ0) is 13.4. The molecule has 0 aromatic heterocycles. The van der Waals surface area contributed by atoms with Crippen LogP contribution < -0.4 is 0 Å². The lowest BCUT2D eigenvalue weighted by atomic mass is 10.4. The lowest BCUT2D eigenvalue weighted by Crippen LogP contribution is -2.21. The summed E-state index contributed by atoms with van der Waals surface area (Å²) in [5, 5.41) is -0.0107. The first-order valence-corrected chi connectivity index (χ1v) is 8.72. The molecule has 0 unspecified atom stereocenters. The summed E-state index contributed by atoms with van der Waals surface area (Å²) >= 11 is 28.3. The van der Waals surface area contributed by atoms with E-state index in [1.165, 1.54) is 0 Å². The highest BCUT2D eigenvalue weighted by Crippen LogP contribution is 2.47. The van der Waals surface area contributed by atoms with Crippen LogP contribution in [0.5, 0.6) is 0 Å². The van der Waals surface area contributed by atoms with Crippen molar-refractivity contribution >= 4 is 89.5 Å². The van der Waals surface area contributed by atoms with Gasteiger partial charge in [0.1, 0.15) is 0 Å². The summed E-state index contributed by atoms with van der Waals surface area (Å²) in [7, 11) is 1.44. The van der Waals surface area contributed by atoms with E-state index < -0.39 is 12.8 Å². The monoisotopic (exact) mass is 392 g/mol. The van der Waals surface area contributed by atoms with Crippen molar-refractivity contribution in [1.29, 1.82) is 0 Å². The second-order valence-electron chi connectivity index (χ2n) is 2.74. The van der Waals surface area contributed by atoms with Crippen molar-refractivity contribution in [3.05, 3.63) is 27.2 Å². The first-order valence-electron chi connectivity index (χ1n) is 3.70. The van der Waals surface area contributed by atoms with Crippen molar-refractivity contribution in [1.82, 2.24) is 0 Å². The molecule has 0 spiro atoms. The Hall–Kier alpha value is 1.26. The van der Waals surface area contributed by atoms with Gasteiger partial charge in [0, 0.05) is 11.0 Å². The molecule has 1 aromatic rings. The Balaban J connectivity index is 3.46. The predicted molar refractivity (Wildman–Crippen MR) is 76.5 cm³/mol. The fourth-order valence-electron chi connectivity index (χ4n) is 0.866. The summed E-state index contributed by atoms with van der Waals surface area (Å²) in [6.45, 7) is 0. The lowest BCUT2D eigenvalue weighted by Gasteiger charge is -2.16. The van der Waals surface area contributed by atoms with Crippen molar-refractivity contribution in [2.24, 2.45) is 0 Å². The van der Waals surface area contributed by atoms with Gasteiger partial charge in [-0.15, -0.1) is 0 Å². The standard InChI is InChI=1S/C7H2Cl6O2S2/c8-4-1-3(2-5(9)6(4)10)17(14,15)7(11,12)16-13/h1-2H. The molecular formula is C7H2Cl6O2S2. The van der Waals surface area contributed by atoms with Crippen LogP contribution in [0.1, 0.15) is 0 Å². The zero-order valence-electron chi connectivity index (χ0n) is 7.56. The Labute approximate surface area is 132 Å². The topological polar surface area (TPSA) is 34.1 Å². The maximum atomic E-state index is 12.0. The molecule has 0 bridgehead atoms. The third-order valence-corrected chi connectivity index (χ3v) is 8.56. The molecule has 0 amide bonds. The normalized spacial score (nSPS) is 12.8. The van der Waals surface area contributed by atoms with Crippen LogP contribution in [0.15, 0.2) is 17.0 Å². The molecule has 0 radical (unpaired) electrons. The fourth-order valence-corrected chi connectivity index (χ4v) is 4.31. The van der Waals surface area contributed by atoms with Gasteiger partial charge < -0.3 is 0 Å². The van der Waals surface area contributed by atoms with Gasteiger partial charge in [-0.3, -0.25) is 0 Å². The van der Waals surface area contributed by atoms with Crippen LogP contribution >= 0.6 is 79.7 Å². The van der Waals surface area contributed by atoms with Crippen LogP contribution in [0, 0.1) is 0 Å². The Morgan fingerprint density at radius 1 is 1.06 bits per heavy atom. The highest BCUT2D eigenvalue weighted by molar-refractivity contribution is 8.31. The number of halogens is 6. The van der Waals surface area contributed by atoms with E-state index in [1.54, 1.807) is 0 Å². The second kappa shape index (κ2) is 5.71. The van der Waals surface area contributed by atoms with Crippen LogP contribution in [-0.2, 0) is 9.84 Å². The fraction of sp³-hybridized carbons (Fsp3) is 0.143. The molecule has 0 aliphatic heterocycles. The van der Waals surface area contributed by atoms with Gasteiger partial charge in [0.2, 0.25) is 9.84 Å². The Morgan fingerprint density at radius 3 is 1.82 bits per heavy atom. The van der Waals surface area contributed by atoms with E-state index in [0.29, 0.717) is 0 Å². The van der Waals surface area contributed by atoms with E-state index in [2.05, 4.69) is 0 Å². The van der Waals surface area contributed by atoms with Crippen molar-refractivity contribution in [2.45, 2.75) is 7.89 Å². The minimum atomic E-state index is -4.12. The number of rotatable bonds is 3. The van der Waals surface area contributed by atoms with E-state index in [4.69, 9.17) is 68.7 Å². The van der Waals surface area contributed by atoms with Crippen LogP contribution in [0.25, 0.3) is 0 Å². The average molecular weight is 395 g/mol. The second-order valence-corrected chi connectivity index (χ2v) is 9.74. The van der Waals surface area contributed by atoms with Gasteiger partial charge in [-0.25, -0.2) is 8.42 Å². The van der Waals surface area contributed by atoms with Crippen LogP contribution in [-0.4, -0.2) is 11.4 Å². The van der Waals surface area contributed by atoms with E-state index >= 15 is 0 Å². The summed E-state index contributed by atoms with van der Waals surface area (Å²) in [6, 6.07) is 2.19. The van der Waals surface area contributed by atoms with Gasteiger partial charge in [-0.1, -0.05) is 58.0 Å². The van der Waals surface area contributed by atoms with Gasteiger partial charge in [-0.2, -0.15) is 0 Å². The van der Waals surface area contributed by atoms with Crippen molar-refractivity contribution in [3.8, 4) is 0 Å². The van der Waals surface area contributed by atoms with Crippen molar-refractivity contribution in [3.63, 3.8) is 0 Å². The molecule has 1 aromatic carbocycles.